The summed E-state index contributed by atoms with van der Waals surface area (Å²) >= 11 is 0. The summed E-state index contributed by atoms with van der Waals surface area (Å²) in [5.74, 6) is 0.387. The third-order valence-corrected chi connectivity index (χ3v) is 4.79. The van der Waals surface area contributed by atoms with Gasteiger partial charge in [-0.2, -0.15) is 0 Å². The molecule has 1 amide bonds. The zero-order valence-electron chi connectivity index (χ0n) is 17.4. The highest BCUT2D eigenvalue weighted by atomic mass is 16.5. The van der Waals surface area contributed by atoms with Crippen molar-refractivity contribution in [1.82, 2.24) is 9.55 Å². The van der Waals surface area contributed by atoms with Crippen molar-refractivity contribution in [3.05, 3.63) is 50.7 Å². The average molecular weight is 402 g/mol. The lowest BCUT2D eigenvalue weighted by atomic mass is 10.1. The molecule has 0 unspecified atom stereocenters. The number of benzene rings is 1. The maximum atomic E-state index is 13.0. The second-order valence-electron chi connectivity index (χ2n) is 6.89. The Hall–Kier alpha value is -3.03. The normalized spacial score (nSPS) is 10.7. The first-order chi connectivity index (χ1) is 13.9. The minimum atomic E-state index is -0.667. The number of nitrogens with zero attached hydrogens (tertiary/aromatic N) is 2. The quantitative estimate of drug-likeness (QED) is 0.635. The van der Waals surface area contributed by atoms with Crippen molar-refractivity contribution in [2.45, 2.75) is 59.0 Å². The number of ether oxygens (including phenoxy) is 1. The molecule has 0 spiro atoms. The van der Waals surface area contributed by atoms with Gasteiger partial charge in [0.2, 0.25) is 5.91 Å². The van der Waals surface area contributed by atoms with E-state index in [1.807, 2.05) is 32.0 Å². The first-order valence-corrected chi connectivity index (χ1v) is 9.99. The lowest BCUT2D eigenvalue weighted by molar-refractivity contribution is -0.118. The highest BCUT2D eigenvalue weighted by Gasteiger charge is 2.25. The number of para-hydroxylation sites is 1. The summed E-state index contributed by atoms with van der Waals surface area (Å²) in [4.78, 5) is 41.6. The number of amides is 1. The molecule has 0 saturated heterocycles. The van der Waals surface area contributed by atoms with Gasteiger partial charge in [0.25, 0.3) is 5.56 Å². The van der Waals surface area contributed by atoms with E-state index in [-0.39, 0.29) is 30.4 Å². The van der Waals surface area contributed by atoms with Crippen LogP contribution in [0.25, 0.3) is 0 Å². The molecular formula is C21H30N4O4. The molecular weight excluding hydrogens is 372 g/mol. The number of rotatable bonds is 10. The third kappa shape index (κ3) is 5.28. The molecule has 8 heteroatoms. The smallest absolute Gasteiger partial charge is 0.330 e. The van der Waals surface area contributed by atoms with Gasteiger partial charge in [-0.3, -0.25) is 24.0 Å². The third-order valence-electron chi connectivity index (χ3n) is 4.79. The summed E-state index contributed by atoms with van der Waals surface area (Å²) in [6, 6.07) is 7.29. The topological polar surface area (TPSA) is 110 Å². The summed E-state index contributed by atoms with van der Waals surface area (Å²) in [6.45, 7) is 4.47. The van der Waals surface area contributed by atoms with E-state index in [1.54, 1.807) is 13.2 Å². The fourth-order valence-electron chi connectivity index (χ4n) is 3.14. The molecule has 0 fully saturated rings. The number of aromatic amines is 1. The molecule has 2 rings (SSSR count). The van der Waals surface area contributed by atoms with Gasteiger partial charge in [-0.15, -0.1) is 0 Å². The van der Waals surface area contributed by atoms with Crippen molar-refractivity contribution in [3.8, 4) is 5.75 Å². The number of H-pyrrole nitrogens is 1. The predicted molar refractivity (Wildman–Crippen MR) is 114 cm³/mol. The molecule has 1 heterocycles. The van der Waals surface area contributed by atoms with Crippen LogP contribution in [-0.2, 0) is 17.9 Å². The van der Waals surface area contributed by atoms with E-state index in [9.17, 15) is 14.4 Å². The standard InChI is InChI=1S/C21H30N4O4/c1-4-6-12-17(26)25(14-15-10-8-9-11-16(15)29-3)18-19(22)24(13-7-5-2)21(28)23-20(18)27/h8-11H,4-7,12-14,22H2,1-3H3,(H,23,27,28). The second-order valence-corrected chi connectivity index (χ2v) is 6.89. The Labute approximate surface area is 170 Å². The number of anilines is 2. The van der Waals surface area contributed by atoms with Gasteiger partial charge in [0.05, 0.1) is 13.7 Å². The number of methoxy groups -OCH3 is 1. The Kier molecular flexibility index (Phi) is 8.06. The molecule has 0 aliphatic carbocycles. The molecule has 0 aliphatic rings. The van der Waals surface area contributed by atoms with Crippen LogP contribution in [0, 0.1) is 0 Å². The summed E-state index contributed by atoms with van der Waals surface area (Å²) in [6.07, 6.45) is 3.40. The molecule has 0 radical (unpaired) electrons. The van der Waals surface area contributed by atoms with Gasteiger partial charge in [0.1, 0.15) is 11.6 Å². The van der Waals surface area contributed by atoms with Crippen LogP contribution >= 0.6 is 0 Å². The SMILES string of the molecule is CCCCC(=O)N(Cc1ccccc1OC)c1c(N)n(CCCC)c(=O)[nH]c1=O. The van der Waals surface area contributed by atoms with Crippen molar-refractivity contribution >= 4 is 17.4 Å². The number of nitrogens with two attached hydrogens (primary N) is 1. The highest BCUT2D eigenvalue weighted by Crippen LogP contribution is 2.25. The molecule has 8 nitrogen and oxygen atoms in total. The average Bonchev–Trinajstić information content (AvgIpc) is 2.71. The number of aromatic nitrogens is 2. The number of nitrogens with one attached hydrogen (secondary N) is 1. The first kappa shape index (κ1) is 22.3. The summed E-state index contributed by atoms with van der Waals surface area (Å²) in [5.41, 5.74) is 5.75. The molecule has 158 valence electrons. The van der Waals surface area contributed by atoms with Crippen molar-refractivity contribution in [2.75, 3.05) is 17.7 Å². The zero-order valence-corrected chi connectivity index (χ0v) is 17.4. The first-order valence-electron chi connectivity index (χ1n) is 9.99. The van der Waals surface area contributed by atoms with Gasteiger partial charge in [-0.05, 0) is 18.9 Å². The van der Waals surface area contributed by atoms with Gasteiger partial charge in [0, 0.05) is 18.5 Å². The van der Waals surface area contributed by atoms with Crippen LogP contribution in [0.5, 0.6) is 5.75 Å². The van der Waals surface area contributed by atoms with E-state index < -0.39 is 11.2 Å². The fourth-order valence-corrected chi connectivity index (χ4v) is 3.14. The fraction of sp³-hybridized carbons (Fsp3) is 0.476. The molecule has 0 atom stereocenters. The Morgan fingerprint density at radius 1 is 1.17 bits per heavy atom. The zero-order chi connectivity index (χ0) is 21.4. The predicted octanol–water partition coefficient (Wildman–Crippen LogP) is 2.65. The Bertz CT molecular complexity index is 948. The molecule has 0 saturated carbocycles. The van der Waals surface area contributed by atoms with Crippen molar-refractivity contribution < 1.29 is 9.53 Å². The molecule has 2 aromatic rings. The maximum absolute atomic E-state index is 13.0. The van der Waals surface area contributed by atoms with Gasteiger partial charge in [-0.1, -0.05) is 44.9 Å². The van der Waals surface area contributed by atoms with Crippen LogP contribution in [0.1, 0.15) is 51.5 Å². The Morgan fingerprint density at radius 2 is 1.86 bits per heavy atom. The van der Waals surface area contributed by atoms with E-state index in [1.165, 1.54) is 9.47 Å². The van der Waals surface area contributed by atoms with E-state index >= 15 is 0 Å². The number of hydrogen-bond donors (Lipinski definition) is 2. The molecule has 29 heavy (non-hydrogen) atoms. The Morgan fingerprint density at radius 3 is 2.52 bits per heavy atom. The minimum absolute atomic E-state index is 0.00643. The minimum Gasteiger partial charge on any atom is -0.496 e. The lowest BCUT2D eigenvalue weighted by Gasteiger charge is -2.25. The van der Waals surface area contributed by atoms with Crippen LogP contribution in [-0.4, -0.2) is 22.6 Å². The van der Waals surface area contributed by atoms with Crippen molar-refractivity contribution in [1.29, 1.82) is 0 Å². The Balaban J connectivity index is 2.58. The van der Waals surface area contributed by atoms with Crippen molar-refractivity contribution in [2.24, 2.45) is 0 Å². The summed E-state index contributed by atoms with van der Waals surface area (Å²) < 4.78 is 6.71. The van der Waals surface area contributed by atoms with Gasteiger partial charge in [-0.25, -0.2) is 4.79 Å². The highest BCUT2D eigenvalue weighted by molar-refractivity contribution is 5.95. The van der Waals surface area contributed by atoms with Gasteiger partial charge >= 0.3 is 5.69 Å². The van der Waals surface area contributed by atoms with Crippen LogP contribution in [0.15, 0.2) is 33.9 Å². The molecule has 0 bridgehead atoms. The molecule has 3 N–H and O–H groups in total. The number of unbranched alkanes of at least 4 members (excludes halogenated alkanes) is 2. The number of hydrogen-bond acceptors (Lipinski definition) is 5. The molecule has 1 aromatic heterocycles. The summed E-state index contributed by atoms with van der Waals surface area (Å²) in [5, 5.41) is 0. The number of carbonyl (C=O) groups is 1. The van der Waals surface area contributed by atoms with Crippen LogP contribution in [0.4, 0.5) is 11.5 Å². The summed E-state index contributed by atoms with van der Waals surface area (Å²) in [7, 11) is 1.55. The van der Waals surface area contributed by atoms with E-state index in [0.29, 0.717) is 18.7 Å². The maximum Gasteiger partial charge on any atom is 0.330 e. The van der Waals surface area contributed by atoms with E-state index in [0.717, 1.165) is 24.8 Å². The number of carbonyl (C=O) groups excluding carboxylic acids is 1. The lowest BCUT2D eigenvalue weighted by Crippen LogP contribution is -2.41. The van der Waals surface area contributed by atoms with Crippen molar-refractivity contribution in [3.63, 3.8) is 0 Å². The van der Waals surface area contributed by atoms with Crippen LogP contribution < -0.4 is 26.6 Å². The monoisotopic (exact) mass is 402 g/mol. The van der Waals surface area contributed by atoms with Crippen LogP contribution in [0.2, 0.25) is 0 Å². The second kappa shape index (κ2) is 10.5. The van der Waals surface area contributed by atoms with E-state index in [4.69, 9.17) is 10.5 Å². The van der Waals surface area contributed by atoms with E-state index in [2.05, 4.69) is 4.98 Å². The molecule has 0 aliphatic heterocycles. The largest absolute Gasteiger partial charge is 0.496 e. The molecule has 1 aromatic carbocycles. The van der Waals surface area contributed by atoms with Gasteiger partial charge in [0.15, 0.2) is 5.69 Å². The number of nitrogen functional groups attached to an aromatic ring is 1. The van der Waals surface area contributed by atoms with Gasteiger partial charge < -0.3 is 10.5 Å². The van der Waals surface area contributed by atoms with Crippen LogP contribution in [0.3, 0.4) is 0 Å².